The molecule has 0 aromatic heterocycles. The molecule has 0 aliphatic rings. The van der Waals surface area contributed by atoms with Gasteiger partial charge in [0, 0.05) is 6.04 Å². The van der Waals surface area contributed by atoms with Gasteiger partial charge in [-0.05, 0) is 31.4 Å². The molecule has 5 heteroatoms. The van der Waals surface area contributed by atoms with E-state index in [9.17, 15) is 9.59 Å². The van der Waals surface area contributed by atoms with Crippen molar-refractivity contribution in [3.05, 3.63) is 35.4 Å². The molecule has 0 saturated heterocycles. The summed E-state index contributed by atoms with van der Waals surface area (Å²) in [4.78, 5) is 22.5. The first-order chi connectivity index (χ1) is 9.43. The third-order valence-corrected chi connectivity index (χ3v) is 3.25. The maximum absolute atomic E-state index is 11.9. The highest BCUT2D eigenvalue weighted by Gasteiger charge is 2.16. The van der Waals surface area contributed by atoms with E-state index in [4.69, 9.17) is 5.11 Å². The fourth-order valence-electron chi connectivity index (χ4n) is 2.08. The zero-order valence-electron chi connectivity index (χ0n) is 12.1. The highest BCUT2D eigenvalue weighted by atomic mass is 16.4. The lowest BCUT2D eigenvalue weighted by molar-refractivity contribution is -0.137. The van der Waals surface area contributed by atoms with Gasteiger partial charge >= 0.3 is 12.0 Å². The SMILES string of the molecule is CCC(CC(=O)O)NC(=O)NC(C)c1ccccc1C. The van der Waals surface area contributed by atoms with E-state index in [1.54, 1.807) is 0 Å². The Kier molecular flexibility index (Phi) is 6.03. The Bertz CT molecular complexity index is 474. The fraction of sp³-hybridized carbons (Fsp3) is 0.467. The van der Waals surface area contributed by atoms with Crippen LogP contribution in [-0.4, -0.2) is 23.1 Å². The lowest BCUT2D eigenvalue weighted by atomic mass is 10.0. The van der Waals surface area contributed by atoms with Gasteiger partial charge in [0.1, 0.15) is 0 Å². The van der Waals surface area contributed by atoms with Gasteiger partial charge in [0.2, 0.25) is 0 Å². The molecule has 1 aromatic rings. The molecular formula is C15H22N2O3. The number of carbonyl (C=O) groups excluding carboxylic acids is 1. The molecule has 110 valence electrons. The van der Waals surface area contributed by atoms with Gasteiger partial charge in [-0.3, -0.25) is 4.79 Å². The molecule has 0 fully saturated rings. The highest BCUT2D eigenvalue weighted by Crippen LogP contribution is 2.16. The van der Waals surface area contributed by atoms with Gasteiger partial charge in [-0.2, -0.15) is 0 Å². The Morgan fingerprint density at radius 2 is 1.90 bits per heavy atom. The number of carboxylic acid groups (broad SMARTS) is 1. The second-order valence-electron chi connectivity index (χ2n) is 4.90. The minimum atomic E-state index is -0.913. The monoisotopic (exact) mass is 278 g/mol. The number of rotatable bonds is 6. The molecular weight excluding hydrogens is 256 g/mol. The van der Waals surface area contributed by atoms with Gasteiger partial charge in [0.25, 0.3) is 0 Å². The van der Waals surface area contributed by atoms with Crippen molar-refractivity contribution in [3.8, 4) is 0 Å². The van der Waals surface area contributed by atoms with Crippen molar-refractivity contribution in [2.45, 2.75) is 45.7 Å². The first kappa shape index (κ1) is 16.0. The Morgan fingerprint density at radius 1 is 1.25 bits per heavy atom. The second kappa shape index (κ2) is 7.53. The molecule has 1 aromatic carbocycles. The van der Waals surface area contributed by atoms with Crippen molar-refractivity contribution >= 4 is 12.0 Å². The summed E-state index contributed by atoms with van der Waals surface area (Å²) in [7, 11) is 0. The number of urea groups is 1. The summed E-state index contributed by atoms with van der Waals surface area (Å²) in [5, 5.41) is 14.3. The molecule has 0 aliphatic heterocycles. The third kappa shape index (κ3) is 4.91. The molecule has 0 radical (unpaired) electrons. The van der Waals surface area contributed by atoms with E-state index in [1.165, 1.54) is 0 Å². The third-order valence-electron chi connectivity index (χ3n) is 3.25. The molecule has 2 atom stereocenters. The molecule has 3 N–H and O–H groups in total. The molecule has 20 heavy (non-hydrogen) atoms. The molecule has 0 spiro atoms. The van der Waals surface area contributed by atoms with Crippen molar-refractivity contribution in [3.63, 3.8) is 0 Å². The van der Waals surface area contributed by atoms with Crippen LogP contribution in [0.2, 0.25) is 0 Å². The first-order valence-corrected chi connectivity index (χ1v) is 6.78. The van der Waals surface area contributed by atoms with Crippen molar-refractivity contribution in [1.82, 2.24) is 10.6 Å². The van der Waals surface area contributed by atoms with E-state index in [2.05, 4.69) is 10.6 Å². The van der Waals surface area contributed by atoms with Crippen molar-refractivity contribution in [1.29, 1.82) is 0 Å². The number of nitrogens with one attached hydrogen (secondary N) is 2. The van der Waals surface area contributed by atoms with Crippen molar-refractivity contribution < 1.29 is 14.7 Å². The summed E-state index contributed by atoms with van der Waals surface area (Å²) in [5.74, 6) is -0.913. The topological polar surface area (TPSA) is 78.4 Å². The van der Waals surface area contributed by atoms with Gasteiger partial charge in [-0.15, -0.1) is 0 Å². The molecule has 5 nitrogen and oxygen atoms in total. The zero-order valence-corrected chi connectivity index (χ0v) is 12.1. The second-order valence-corrected chi connectivity index (χ2v) is 4.90. The average molecular weight is 278 g/mol. The van der Waals surface area contributed by atoms with Crippen LogP contribution in [0.5, 0.6) is 0 Å². The summed E-state index contributed by atoms with van der Waals surface area (Å²) in [5.41, 5.74) is 2.16. The van der Waals surface area contributed by atoms with Gasteiger partial charge < -0.3 is 15.7 Å². The fourth-order valence-corrected chi connectivity index (χ4v) is 2.08. The molecule has 0 bridgehead atoms. The largest absolute Gasteiger partial charge is 0.481 e. The highest BCUT2D eigenvalue weighted by molar-refractivity contribution is 5.76. The standard InChI is InChI=1S/C15H22N2O3/c1-4-12(9-14(18)19)17-15(20)16-11(3)13-8-6-5-7-10(13)2/h5-8,11-12H,4,9H2,1-3H3,(H,18,19)(H2,16,17,20). The predicted molar refractivity (Wildman–Crippen MR) is 77.6 cm³/mol. The predicted octanol–water partition coefficient (Wildman–Crippen LogP) is 2.61. The zero-order chi connectivity index (χ0) is 15.1. The lowest BCUT2D eigenvalue weighted by Crippen LogP contribution is -2.43. The minimum Gasteiger partial charge on any atom is -0.481 e. The molecule has 0 saturated carbocycles. The Labute approximate surface area is 119 Å². The summed E-state index contributed by atoms with van der Waals surface area (Å²) in [6.45, 7) is 5.74. The van der Waals surface area contributed by atoms with Crippen LogP contribution in [0.25, 0.3) is 0 Å². The van der Waals surface area contributed by atoms with E-state index in [0.29, 0.717) is 6.42 Å². The van der Waals surface area contributed by atoms with Crippen LogP contribution in [0.3, 0.4) is 0 Å². The number of benzene rings is 1. The van der Waals surface area contributed by atoms with E-state index in [-0.39, 0.29) is 24.5 Å². The maximum atomic E-state index is 11.9. The molecule has 0 heterocycles. The lowest BCUT2D eigenvalue weighted by Gasteiger charge is -2.20. The summed E-state index contributed by atoms with van der Waals surface area (Å²) < 4.78 is 0. The van der Waals surface area contributed by atoms with Crippen LogP contribution in [0.4, 0.5) is 4.79 Å². The van der Waals surface area contributed by atoms with Crippen LogP contribution < -0.4 is 10.6 Å². The maximum Gasteiger partial charge on any atom is 0.315 e. The summed E-state index contributed by atoms with van der Waals surface area (Å²) in [6, 6.07) is 7.02. The Morgan fingerprint density at radius 3 is 2.45 bits per heavy atom. The Hall–Kier alpha value is -2.04. The normalized spacial score (nSPS) is 13.3. The van der Waals surface area contributed by atoms with Gasteiger partial charge in [0.05, 0.1) is 12.5 Å². The molecule has 0 aliphatic carbocycles. The molecule has 2 amide bonds. The van der Waals surface area contributed by atoms with E-state index in [0.717, 1.165) is 11.1 Å². The number of hydrogen-bond acceptors (Lipinski definition) is 2. The van der Waals surface area contributed by atoms with Crippen LogP contribution >= 0.6 is 0 Å². The number of carboxylic acids is 1. The summed E-state index contributed by atoms with van der Waals surface area (Å²) in [6.07, 6.45) is 0.515. The number of hydrogen-bond donors (Lipinski definition) is 3. The smallest absolute Gasteiger partial charge is 0.315 e. The minimum absolute atomic E-state index is 0.0668. The van der Waals surface area contributed by atoms with E-state index >= 15 is 0 Å². The Balaban J connectivity index is 2.57. The number of aryl methyl sites for hydroxylation is 1. The first-order valence-electron chi connectivity index (χ1n) is 6.78. The van der Waals surface area contributed by atoms with Crippen LogP contribution in [-0.2, 0) is 4.79 Å². The quantitative estimate of drug-likeness (QED) is 0.748. The number of carbonyl (C=O) groups is 2. The number of amides is 2. The van der Waals surface area contributed by atoms with Gasteiger partial charge in [0.15, 0.2) is 0 Å². The van der Waals surface area contributed by atoms with Crippen molar-refractivity contribution in [2.75, 3.05) is 0 Å². The van der Waals surface area contributed by atoms with Gasteiger partial charge in [-0.25, -0.2) is 4.79 Å². The molecule has 2 unspecified atom stereocenters. The summed E-state index contributed by atoms with van der Waals surface area (Å²) >= 11 is 0. The van der Waals surface area contributed by atoms with E-state index in [1.807, 2.05) is 45.0 Å². The van der Waals surface area contributed by atoms with Crippen LogP contribution in [0, 0.1) is 6.92 Å². The van der Waals surface area contributed by atoms with E-state index < -0.39 is 5.97 Å². The van der Waals surface area contributed by atoms with Crippen molar-refractivity contribution in [2.24, 2.45) is 0 Å². The van der Waals surface area contributed by atoms with Crippen LogP contribution in [0.15, 0.2) is 24.3 Å². The van der Waals surface area contributed by atoms with Gasteiger partial charge in [-0.1, -0.05) is 31.2 Å². The average Bonchev–Trinajstić information content (AvgIpc) is 2.37. The number of aliphatic carboxylic acids is 1. The molecule has 1 rings (SSSR count). The van der Waals surface area contributed by atoms with Crippen LogP contribution in [0.1, 0.15) is 43.9 Å².